The summed E-state index contributed by atoms with van der Waals surface area (Å²) in [6.45, 7) is 1.78. The molecule has 106 valence electrons. The van der Waals surface area contributed by atoms with E-state index in [-0.39, 0.29) is 12.3 Å². The third-order valence-corrected chi connectivity index (χ3v) is 2.74. The predicted molar refractivity (Wildman–Crippen MR) is 67.1 cm³/mol. The first kappa shape index (κ1) is 14.1. The second-order valence-electron chi connectivity index (χ2n) is 4.35. The molecule has 0 aliphatic rings. The molecule has 4 nitrogen and oxygen atoms in total. The zero-order valence-corrected chi connectivity index (χ0v) is 10.6. The topological polar surface area (TPSA) is 57.8 Å². The van der Waals surface area contributed by atoms with Crippen LogP contribution in [0.3, 0.4) is 0 Å². The Labute approximate surface area is 113 Å². The van der Waals surface area contributed by atoms with E-state index in [4.69, 9.17) is 0 Å². The number of anilines is 1. The Morgan fingerprint density at radius 3 is 2.45 bits per heavy atom. The van der Waals surface area contributed by atoms with Crippen LogP contribution in [-0.4, -0.2) is 16.1 Å². The highest BCUT2D eigenvalue weighted by Gasteiger charge is 2.29. The summed E-state index contributed by atoms with van der Waals surface area (Å²) in [4.78, 5) is 11.7. The Bertz CT molecular complexity index is 602. The fraction of sp³-hybridized carbons (Fsp3) is 0.231. The number of halogens is 3. The Balaban J connectivity index is 2.00. The maximum atomic E-state index is 12.4. The van der Waals surface area contributed by atoms with Crippen LogP contribution in [0.5, 0.6) is 0 Å². The Hall–Kier alpha value is -2.31. The molecule has 0 atom stereocenters. The van der Waals surface area contributed by atoms with Crippen molar-refractivity contribution in [2.45, 2.75) is 19.5 Å². The number of aromatic nitrogens is 2. The molecule has 0 aliphatic carbocycles. The molecule has 1 amide bonds. The van der Waals surface area contributed by atoms with Gasteiger partial charge in [0.05, 0.1) is 18.2 Å². The fourth-order valence-corrected chi connectivity index (χ4v) is 1.65. The lowest BCUT2D eigenvalue weighted by Crippen LogP contribution is -2.15. The molecule has 2 aromatic rings. The molecule has 2 N–H and O–H groups in total. The second-order valence-corrected chi connectivity index (χ2v) is 4.35. The Kier molecular flexibility index (Phi) is 3.78. The summed E-state index contributed by atoms with van der Waals surface area (Å²) in [6.07, 6.45) is -2.81. The predicted octanol–water partition coefficient (Wildman–Crippen LogP) is 2.92. The van der Waals surface area contributed by atoms with Gasteiger partial charge >= 0.3 is 6.18 Å². The monoisotopic (exact) mass is 283 g/mol. The average molecular weight is 283 g/mol. The number of carbonyl (C=O) groups excluding carboxylic acids is 1. The van der Waals surface area contributed by atoms with Crippen molar-refractivity contribution in [1.29, 1.82) is 0 Å². The summed E-state index contributed by atoms with van der Waals surface area (Å²) in [5, 5.41) is 8.98. The third kappa shape index (κ3) is 3.37. The number of nitrogens with zero attached hydrogens (tertiary/aromatic N) is 1. The van der Waals surface area contributed by atoms with E-state index < -0.39 is 11.7 Å². The van der Waals surface area contributed by atoms with Crippen LogP contribution in [0.4, 0.5) is 19.0 Å². The van der Waals surface area contributed by atoms with E-state index in [0.29, 0.717) is 11.4 Å². The number of alkyl halides is 3. The lowest BCUT2D eigenvalue weighted by Gasteiger charge is -2.08. The van der Waals surface area contributed by atoms with Gasteiger partial charge in [0.2, 0.25) is 5.91 Å². The van der Waals surface area contributed by atoms with Gasteiger partial charge in [0, 0.05) is 5.56 Å². The highest BCUT2D eigenvalue weighted by atomic mass is 19.4. The van der Waals surface area contributed by atoms with Crippen molar-refractivity contribution < 1.29 is 18.0 Å². The zero-order chi connectivity index (χ0) is 14.8. The van der Waals surface area contributed by atoms with Gasteiger partial charge < -0.3 is 5.32 Å². The van der Waals surface area contributed by atoms with Crippen LogP contribution in [0, 0.1) is 6.92 Å². The van der Waals surface area contributed by atoms with Crippen molar-refractivity contribution >= 4 is 11.7 Å². The summed E-state index contributed by atoms with van der Waals surface area (Å²) in [6, 6.07) is 4.51. The molecule has 0 radical (unpaired) electrons. The minimum absolute atomic E-state index is 0.00338. The third-order valence-electron chi connectivity index (χ3n) is 2.74. The standard InChI is InChI=1S/C13H12F3N3O/c1-8-7-17-19-12(8)18-11(20)6-9-2-4-10(5-3-9)13(14,15)16/h2-5,7H,6H2,1H3,(H2,17,18,19,20). The number of aryl methyl sites for hydroxylation is 1. The number of carbonyl (C=O) groups is 1. The molecular formula is C13H12F3N3O. The van der Waals surface area contributed by atoms with E-state index in [1.807, 2.05) is 0 Å². The van der Waals surface area contributed by atoms with E-state index >= 15 is 0 Å². The molecule has 0 bridgehead atoms. The minimum Gasteiger partial charge on any atom is -0.311 e. The smallest absolute Gasteiger partial charge is 0.311 e. The Morgan fingerprint density at radius 1 is 1.30 bits per heavy atom. The van der Waals surface area contributed by atoms with E-state index in [2.05, 4.69) is 15.5 Å². The van der Waals surface area contributed by atoms with Gasteiger partial charge in [-0.05, 0) is 24.6 Å². The fourth-order valence-electron chi connectivity index (χ4n) is 1.65. The van der Waals surface area contributed by atoms with Crippen molar-refractivity contribution in [2.75, 3.05) is 5.32 Å². The van der Waals surface area contributed by atoms with Gasteiger partial charge in [0.25, 0.3) is 0 Å². The number of aromatic amines is 1. The molecule has 1 aromatic heterocycles. The van der Waals surface area contributed by atoms with Crippen LogP contribution in [0.2, 0.25) is 0 Å². The number of nitrogens with one attached hydrogen (secondary N) is 2. The number of H-pyrrole nitrogens is 1. The van der Waals surface area contributed by atoms with Gasteiger partial charge in [-0.25, -0.2) is 0 Å². The molecular weight excluding hydrogens is 271 g/mol. The maximum Gasteiger partial charge on any atom is 0.416 e. The van der Waals surface area contributed by atoms with Crippen molar-refractivity contribution in [3.8, 4) is 0 Å². The number of rotatable bonds is 3. The number of hydrogen-bond donors (Lipinski definition) is 2. The Morgan fingerprint density at radius 2 is 1.95 bits per heavy atom. The van der Waals surface area contributed by atoms with Crippen LogP contribution in [-0.2, 0) is 17.4 Å². The van der Waals surface area contributed by atoms with Gasteiger partial charge in [-0.1, -0.05) is 12.1 Å². The molecule has 0 spiro atoms. The maximum absolute atomic E-state index is 12.4. The first-order valence-electron chi connectivity index (χ1n) is 5.82. The molecule has 2 rings (SSSR count). The van der Waals surface area contributed by atoms with Gasteiger partial charge in [0.1, 0.15) is 5.82 Å². The van der Waals surface area contributed by atoms with E-state index in [9.17, 15) is 18.0 Å². The van der Waals surface area contributed by atoms with Crippen molar-refractivity contribution in [2.24, 2.45) is 0 Å². The van der Waals surface area contributed by atoms with Crippen LogP contribution in [0.25, 0.3) is 0 Å². The first-order chi connectivity index (χ1) is 9.36. The molecule has 0 aliphatic heterocycles. The van der Waals surface area contributed by atoms with Gasteiger partial charge in [-0.2, -0.15) is 18.3 Å². The average Bonchev–Trinajstić information content (AvgIpc) is 2.74. The minimum atomic E-state index is -4.37. The summed E-state index contributed by atoms with van der Waals surface area (Å²) in [5.41, 5.74) is 0.560. The number of hydrogen-bond acceptors (Lipinski definition) is 2. The normalized spacial score (nSPS) is 11.4. The molecule has 1 aromatic carbocycles. The lowest BCUT2D eigenvalue weighted by atomic mass is 10.1. The van der Waals surface area contributed by atoms with Crippen LogP contribution < -0.4 is 5.32 Å². The van der Waals surface area contributed by atoms with Gasteiger partial charge in [-0.15, -0.1) is 0 Å². The van der Waals surface area contributed by atoms with Crippen molar-refractivity contribution in [3.05, 3.63) is 47.2 Å². The first-order valence-corrected chi connectivity index (χ1v) is 5.82. The van der Waals surface area contributed by atoms with E-state index in [1.165, 1.54) is 12.1 Å². The largest absolute Gasteiger partial charge is 0.416 e. The quantitative estimate of drug-likeness (QED) is 0.910. The molecule has 0 fully saturated rings. The summed E-state index contributed by atoms with van der Waals surface area (Å²) in [7, 11) is 0. The molecule has 0 saturated heterocycles. The molecule has 7 heteroatoms. The van der Waals surface area contributed by atoms with E-state index in [0.717, 1.165) is 17.7 Å². The highest BCUT2D eigenvalue weighted by Crippen LogP contribution is 2.29. The van der Waals surface area contributed by atoms with Crippen molar-refractivity contribution in [3.63, 3.8) is 0 Å². The SMILES string of the molecule is Cc1cn[nH]c1NC(=O)Cc1ccc(C(F)(F)F)cc1. The van der Waals surface area contributed by atoms with Gasteiger partial charge in [-0.3, -0.25) is 9.89 Å². The van der Waals surface area contributed by atoms with Crippen molar-refractivity contribution in [1.82, 2.24) is 10.2 Å². The molecule has 0 saturated carbocycles. The summed E-state index contributed by atoms with van der Waals surface area (Å²) < 4.78 is 37.2. The van der Waals surface area contributed by atoms with Gasteiger partial charge in [0.15, 0.2) is 0 Å². The second kappa shape index (κ2) is 5.36. The lowest BCUT2D eigenvalue weighted by molar-refractivity contribution is -0.137. The molecule has 0 unspecified atom stereocenters. The molecule has 1 heterocycles. The number of benzene rings is 1. The van der Waals surface area contributed by atoms with Crippen LogP contribution >= 0.6 is 0 Å². The van der Waals surface area contributed by atoms with Crippen LogP contribution in [0.1, 0.15) is 16.7 Å². The zero-order valence-electron chi connectivity index (χ0n) is 10.6. The summed E-state index contributed by atoms with van der Waals surface area (Å²) >= 11 is 0. The van der Waals surface area contributed by atoms with E-state index in [1.54, 1.807) is 13.1 Å². The summed E-state index contributed by atoms with van der Waals surface area (Å²) in [5.74, 6) is 0.166. The van der Waals surface area contributed by atoms with Crippen LogP contribution in [0.15, 0.2) is 30.5 Å². The highest BCUT2D eigenvalue weighted by molar-refractivity contribution is 5.91. The number of amides is 1. The molecule has 20 heavy (non-hydrogen) atoms.